The van der Waals surface area contributed by atoms with Gasteiger partial charge in [0.25, 0.3) is 5.91 Å². The van der Waals surface area contributed by atoms with Gasteiger partial charge >= 0.3 is 0 Å². The van der Waals surface area contributed by atoms with E-state index < -0.39 is 0 Å². The molecule has 21 heavy (non-hydrogen) atoms. The van der Waals surface area contributed by atoms with Crippen molar-refractivity contribution < 1.29 is 9.53 Å². The fraction of sp³-hybridized carbons (Fsp3) is 0.294. The van der Waals surface area contributed by atoms with Gasteiger partial charge in [-0.1, -0.05) is 12.1 Å². The number of methoxy groups -OCH3 is 1. The number of hydrogen-bond acceptors (Lipinski definition) is 3. The summed E-state index contributed by atoms with van der Waals surface area (Å²) in [6.07, 6.45) is 5.46. The van der Waals surface area contributed by atoms with Crippen LogP contribution >= 0.6 is 0 Å². The van der Waals surface area contributed by atoms with E-state index in [1.165, 1.54) is 5.56 Å². The Bertz CT molecular complexity index is 619. The van der Waals surface area contributed by atoms with Gasteiger partial charge in [0, 0.05) is 24.4 Å². The van der Waals surface area contributed by atoms with Gasteiger partial charge in [0.2, 0.25) is 0 Å². The summed E-state index contributed by atoms with van der Waals surface area (Å²) in [4.78, 5) is 16.0. The van der Waals surface area contributed by atoms with Crippen molar-refractivity contribution in [2.24, 2.45) is 0 Å². The number of rotatable bonds is 5. The summed E-state index contributed by atoms with van der Waals surface area (Å²) >= 11 is 0. The van der Waals surface area contributed by atoms with Crippen molar-refractivity contribution in [3.05, 3.63) is 59.9 Å². The maximum atomic E-state index is 12.1. The quantitative estimate of drug-likeness (QED) is 0.917. The summed E-state index contributed by atoms with van der Waals surface area (Å²) in [7, 11) is 1.66. The van der Waals surface area contributed by atoms with Crippen molar-refractivity contribution in [3.8, 4) is 5.75 Å². The smallest absolute Gasteiger partial charge is 0.252 e. The minimum atomic E-state index is -0.0668. The number of nitrogens with zero attached hydrogens (tertiary/aromatic N) is 1. The number of aromatic nitrogens is 1. The monoisotopic (exact) mass is 282 g/mol. The van der Waals surface area contributed by atoms with Crippen LogP contribution < -0.4 is 10.1 Å². The number of nitrogens with one attached hydrogen (secondary N) is 1. The largest absolute Gasteiger partial charge is 0.497 e. The Kier molecular flexibility index (Phi) is 3.60. The fourth-order valence-corrected chi connectivity index (χ4v) is 2.51. The van der Waals surface area contributed by atoms with Crippen molar-refractivity contribution >= 4 is 5.91 Å². The van der Waals surface area contributed by atoms with Gasteiger partial charge in [-0.2, -0.15) is 0 Å². The molecule has 1 heterocycles. The predicted octanol–water partition coefficient (Wildman–Crippen LogP) is 2.55. The average molecular weight is 282 g/mol. The minimum Gasteiger partial charge on any atom is -0.497 e. The molecule has 1 saturated carbocycles. The molecule has 1 aliphatic carbocycles. The lowest BCUT2D eigenvalue weighted by atomic mass is 9.95. The van der Waals surface area contributed by atoms with Gasteiger partial charge in [-0.3, -0.25) is 9.78 Å². The molecule has 0 bridgehead atoms. The Morgan fingerprint density at radius 2 is 2.05 bits per heavy atom. The van der Waals surface area contributed by atoms with E-state index in [4.69, 9.17) is 4.74 Å². The maximum absolute atomic E-state index is 12.1. The van der Waals surface area contributed by atoms with Gasteiger partial charge < -0.3 is 10.1 Å². The van der Waals surface area contributed by atoms with Crippen molar-refractivity contribution in [3.63, 3.8) is 0 Å². The summed E-state index contributed by atoms with van der Waals surface area (Å²) in [5, 5.41) is 3.02. The molecule has 1 aromatic heterocycles. The lowest BCUT2D eigenvalue weighted by molar-refractivity contribution is 0.0949. The number of hydrogen-bond donors (Lipinski definition) is 1. The molecule has 2 aromatic rings. The second-order valence-corrected chi connectivity index (χ2v) is 5.43. The molecule has 0 radical (unpaired) electrons. The Hall–Kier alpha value is -2.36. The highest BCUT2D eigenvalue weighted by molar-refractivity contribution is 5.93. The third-order valence-corrected chi connectivity index (χ3v) is 4.07. The number of ether oxygens (including phenoxy) is 1. The first kappa shape index (κ1) is 13.6. The van der Waals surface area contributed by atoms with Crippen LogP contribution in [0, 0.1) is 0 Å². The second-order valence-electron chi connectivity index (χ2n) is 5.43. The molecule has 3 rings (SSSR count). The third kappa shape index (κ3) is 2.89. The van der Waals surface area contributed by atoms with Crippen molar-refractivity contribution in [2.45, 2.75) is 18.3 Å². The van der Waals surface area contributed by atoms with Crippen molar-refractivity contribution in [1.29, 1.82) is 0 Å². The number of amides is 1. The van der Waals surface area contributed by atoms with Gasteiger partial charge in [-0.15, -0.1) is 0 Å². The summed E-state index contributed by atoms with van der Waals surface area (Å²) in [5.74, 6) is 0.789. The SMILES string of the molecule is COc1ccc(C2(CNC(=O)c3cccnc3)CC2)cc1. The summed E-state index contributed by atoms with van der Waals surface area (Å²) in [6.45, 7) is 0.660. The zero-order chi connectivity index (χ0) is 14.7. The van der Waals surface area contributed by atoms with Crippen LogP contribution in [0.5, 0.6) is 5.75 Å². The molecule has 1 amide bonds. The van der Waals surface area contributed by atoms with Crippen LogP contribution in [0.3, 0.4) is 0 Å². The lowest BCUT2D eigenvalue weighted by Gasteiger charge is -2.17. The zero-order valence-electron chi connectivity index (χ0n) is 12.0. The van der Waals surface area contributed by atoms with Crippen LogP contribution in [0.1, 0.15) is 28.8 Å². The van der Waals surface area contributed by atoms with Gasteiger partial charge in [0.1, 0.15) is 5.75 Å². The Morgan fingerprint density at radius 1 is 1.29 bits per heavy atom. The van der Waals surface area contributed by atoms with Crippen molar-refractivity contribution in [1.82, 2.24) is 10.3 Å². The van der Waals surface area contributed by atoms with Crippen LogP contribution in [0.2, 0.25) is 0 Å². The van der Waals surface area contributed by atoms with Gasteiger partial charge in [0.05, 0.1) is 12.7 Å². The van der Waals surface area contributed by atoms with E-state index >= 15 is 0 Å². The number of benzene rings is 1. The molecular weight excluding hydrogens is 264 g/mol. The summed E-state index contributed by atoms with van der Waals surface area (Å²) in [6, 6.07) is 11.7. The molecule has 0 saturated heterocycles. The highest BCUT2D eigenvalue weighted by Crippen LogP contribution is 2.47. The number of pyridine rings is 1. The molecular formula is C17H18N2O2. The van der Waals surface area contributed by atoms with E-state index in [1.807, 2.05) is 12.1 Å². The second kappa shape index (κ2) is 5.56. The Balaban J connectivity index is 1.65. The fourth-order valence-electron chi connectivity index (χ4n) is 2.51. The van der Waals surface area contributed by atoms with E-state index in [2.05, 4.69) is 22.4 Å². The Labute approximate surface area is 124 Å². The molecule has 108 valence electrons. The molecule has 1 N–H and O–H groups in total. The van der Waals surface area contributed by atoms with Gasteiger partial charge in [0.15, 0.2) is 0 Å². The highest BCUT2D eigenvalue weighted by Gasteiger charge is 2.44. The van der Waals surface area contributed by atoms with E-state index in [0.29, 0.717) is 12.1 Å². The number of carbonyl (C=O) groups excluding carboxylic acids is 1. The normalized spacial score (nSPS) is 15.3. The lowest BCUT2D eigenvalue weighted by Crippen LogP contribution is -2.32. The standard InChI is InChI=1S/C17H18N2O2/c1-21-15-6-4-14(5-7-15)17(8-9-17)12-19-16(20)13-3-2-10-18-11-13/h2-7,10-11H,8-9,12H2,1H3,(H,19,20). The first-order valence-corrected chi connectivity index (χ1v) is 7.06. The van der Waals surface area contributed by atoms with E-state index in [9.17, 15) is 4.79 Å². The van der Waals surface area contributed by atoms with Crippen LogP contribution in [0.4, 0.5) is 0 Å². The van der Waals surface area contributed by atoms with E-state index in [0.717, 1.165) is 18.6 Å². The van der Waals surface area contributed by atoms with Crippen LogP contribution in [0.25, 0.3) is 0 Å². The van der Waals surface area contributed by atoms with E-state index in [-0.39, 0.29) is 11.3 Å². The maximum Gasteiger partial charge on any atom is 0.252 e. The van der Waals surface area contributed by atoms with Gasteiger partial charge in [-0.25, -0.2) is 0 Å². The Morgan fingerprint density at radius 3 is 2.62 bits per heavy atom. The molecule has 0 unspecified atom stereocenters. The predicted molar refractivity (Wildman–Crippen MR) is 80.5 cm³/mol. The first-order chi connectivity index (χ1) is 10.2. The minimum absolute atomic E-state index is 0.0668. The van der Waals surface area contributed by atoms with Gasteiger partial charge in [-0.05, 0) is 42.7 Å². The highest BCUT2D eigenvalue weighted by atomic mass is 16.5. The molecule has 1 aromatic carbocycles. The summed E-state index contributed by atoms with van der Waals surface area (Å²) in [5.41, 5.74) is 1.95. The zero-order valence-corrected chi connectivity index (χ0v) is 12.0. The van der Waals surface area contributed by atoms with Crippen LogP contribution in [-0.2, 0) is 5.41 Å². The van der Waals surface area contributed by atoms with Crippen LogP contribution in [-0.4, -0.2) is 24.5 Å². The third-order valence-electron chi connectivity index (χ3n) is 4.07. The van der Waals surface area contributed by atoms with Crippen LogP contribution in [0.15, 0.2) is 48.8 Å². The molecule has 0 spiro atoms. The molecule has 4 nitrogen and oxygen atoms in total. The molecule has 1 fully saturated rings. The molecule has 1 aliphatic rings. The molecule has 4 heteroatoms. The number of carbonyl (C=O) groups is 1. The van der Waals surface area contributed by atoms with Crippen molar-refractivity contribution in [2.75, 3.05) is 13.7 Å². The topological polar surface area (TPSA) is 51.2 Å². The van der Waals surface area contributed by atoms with E-state index in [1.54, 1.807) is 31.6 Å². The molecule has 0 aliphatic heterocycles. The molecule has 0 atom stereocenters. The summed E-state index contributed by atoms with van der Waals surface area (Å²) < 4.78 is 5.18. The first-order valence-electron chi connectivity index (χ1n) is 7.06. The average Bonchev–Trinajstić information content (AvgIpc) is 3.35.